The Morgan fingerprint density at radius 2 is 2.05 bits per heavy atom. The molecule has 0 bridgehead atoms. The van der Waals surface area contributed by atoms with Crippen LogP contribution in [-0.4, -0.2) is 34.6 Å². The lowest BCUT2D eigenvalue weighted by Crippen LogP contribution is -2.31. The van der Waals surface area contributed by atoms with Crippen LogP contribution in [0.5, 0.6) is 0 Å². The van der Waals surface area contributed by atoms with Gasteiger partial charge in [0.15, 0.2) is 5.76 Å². The Balaban J connectivity index is 1.99. The molecule has 1 aliphatic heterocycles. The molecule has 3 heterocycles. The van der Waals surface area contributed by atoms with Crippen molar-refractivity contribution < 1.29 is 4.42 Å². The van der Waals surface area contributed by atoms with E-state index >= 15 is 0 Å². The highest BCUT2D eigenvalue weighted by atomic mass is 79.9. The molecule has 112 valence electrons. The van der Waals surface area contributed by atoms with E-state index in [9.17, 15) is 0 Å². The summed E-state index contributed by atoms with van der Waals surface area (Å²) >= 11 is 3.46. The van der Waals surface area contributed by atoms with Crippen LogP contribution in [0, 0.1) is 0 Å². The Labute approximate surface area is 132 Å². The maximum atomic E-state index is 5.48. The molecular weight excluding hydrogens is 334 g/mol. The lowest BCUT2D eigenvalue weighted by Gasteiger charge is -2.26. The number of furan rings is 1. The van der Waals surface area contributed by atoms with Crippen LogP contribution < -0.4 is 10.2 Å². The number of aromatic nitrogens is 3. The van der Waals surface area contributed by atoms with Crippen LogP contribution >= 0.6 is 15.9 Å². The standard InChI is InChI=1S/C14H18BrN5O/c1-2-16-13-17-12(11-10(15)6-9-21-11)18-14(19-13)20-7-4-3-5-8-20/h6,9H,2-5,7-8H2,1H3,(H,16,17,18,19). The van der Waals surface area contributed by atoms with Gasteiger partial charge < -0.3 is 14.6 Å². The molecule has 0 aliphatic carbocycles. The summed E-state index contributed by atoms with van der Waals surface area (Å²) in [7, 11) is 0. The molecular formula is C14H18BrN5O. The summed E-state index contributed by atoms with van der Waals surface area (Å²) in [5.74, 6) is 2.50. The summed E-state index contributed by atoms with van der Waals surface area (Å²) in [6, 6.07) is 1.84. The van der Waals surface area contributed by atoms with Crippen molar-refractivity contribution in [3.05, 3.63) is 16.8 Å². The summed E-state index contributed by atoms with van der Waals surface area (Å²) in [4.78, 5) is 15.8. The van der Waals surface area contributed by atoms with E-state index in [1.165, 1.54) is 19.3 Å². The molecule has 3 rings (SSSR count). The van der Waals surface area contributed by atoms with E-state index in [2.05, 4.69) is 41.1 Å². The minimum absolute atomic E-state index is 0.554. The number of piperidine rings is 1. The third kappa shape index (κ3) is 3.18. The molecule has 1 N–H and O–H groups in total. The Morgan fingerprint density at radius 1 is 1.24 bits per heavy atom. The first-order valence-corrected chi connectivity index (χ1v) is 8.05. The molecule has 0 atom stereocenters. The van der Waals surface area contributed by atoms with Crippen LogP contribution in [0.25, 0.3) is 11.6 Å². The molecule has 1 fully saturated rings. The predicted octanol–water partition coefficient (Wildman–Crippen LogP) is 3.32. The molecule has 21 heavy (non-hydrogen) atoms. The Bertz CT molecular complexity index is 609. The third-order valence-electron chi connectivity index (χ3n) is 3.42. The van der Waals surface area contributed by atoms with Crippen molar-refractivity contribution in [2.75, 3.05) is 29.9 Å². The first-order valence-electron chi connectivity index (χ1n) is 7.26. The van der Waals surface area contributed by atoms with E-state index in [1.54, 1.807) is 6.26 Å². The maximum Gasteiger partial charge on any atom is 0.230 e. The Morgan fingerprint density at radius 3 is 2.71 bits per heavy atom. The molecule has 0 spiro atoms. The highest BCUT2D eigenvalue weighted by molar-refractivity contribution is 9.10. The fraction of sp³-hybridized carbons (Fsp3) is 0.500. The molecule has 0 saturated carbocycles. The maximum absolute atomic E-state index is 5.48. The van der Waals surface area contributed by atoms with Gasteiger partial charge in [-0.1, -0.05) is 0 Å². The minimum Gasteiger partial charge on any atom is -0.460 e. The van der Waals surface area contributed by atoms with Crippen molar-refractivity contribution in [1.82, 2.24) is 15.0 Å². The van der Waals surface area contributed by atoms with Crippen LogP contribution in [0.15, 0.2) is 21.2 Å². The number of rotatable bonds is 4. The Hall–Kier alpha value is -1.63. The van der Waals surface area contributed by atoms with E-state index < -0.39 is 0 Å². The van der Waals surface area contributed by atoms with Crippen molar-refractivity contribution in [3.8, 4) is 11.6 Å². The first kappa shape index (κ1) is 14.3. The third-order valence-corrected chi connectivity index (χ3v) is 4.04. The zero-order chi connectivity index (χ0) is 14.7. The van der Waals surface area contributed by atoms with E-state index in [4.69, 9.17) is 4.42 Å². The first-order chi connectivity index (χ1) is 10.3. The highest BCUT2D eigenvalue weighted by Crippen LogP contribution is 2.28. The highest BCUT2D eigenvalue weighted by Gasteiger charge is 2.19. The zero-order valence-electron chi connectivity index (χ0n) is 12.0. The number of nitrogens with zero attached hydrogens (tertiary/aromatic N) is 4. The van der Waals surface area contributed by atoms with Crippen molar-refractivity contribution in [2.45, 2.75) is 26.2 Å². The number of hydrogen-bond acceptors (Lipinski definition) is 6. The van der Waals surface area contributed by atoms with Crippen LogP contribution in [0.3, 0.4) is 0 Å². The van der Waals surface area contributed by atoms with Gasteiger partial charge in [-0.25, -0.2) is 0 Å². The van der Waals surface area contributed by atoms with Gasteiger partial charge >= 0.3 is 0 Å². The predicted molar refractivity (Wildman–Crippen MR) is 85.5 cm³/mol. The van der Waals surface area contributed by atoms with E-state index in [1.807, 2.05) is 13.0 Å². The molecule has 1 saturated heterocycles. The van der Waals surface area contributed by atoms with E-state index in [0.29, 0.717) is 17.5 Å². The second kappa shape index (κ2) is 6.43. The number of hydrogen-bond donors (Lipinski definition) is 1. The van der Waals surface area contributed by atoms with Crippen LogP contribution in [0.1, 0.15) is 26.2 Å². The SMILES string of the molecule is CCNc1nc(-c2occc2Br)nc(N2CCCCC2)n1. The van der Waals surface area contributed by atoms with Crippen molar-refractivity contribution in [2.24, 2.45) is 0 Å². The van der Waals surface area contributed by atoms with Gasteiger partial charge in [0.25, 0.3) is 0 Å². The average Bonchev–Trinajstić information content (AvgIpc) is 2.94. The molecule has 0 amide bonds. The largest absolute Gasteiger partial charge is 0.460 e. The second-order valence-electron chi connectivity index (χ2n) is 4.96. The second-order valence-corrected chi connectivity index (χ2v) is 5.81. The zero-order valence-corrected chi connectivity index (χ0v) is 13.6. The molecule has 0 radical (unpaired) electrons. The molecule has 7 heteroatoms. The van der Waals surface area contributed by atoms with Gasteiger partial charge in [0.2, 0.25) is 17.7 Å². The van der Waals surface area contributed by atoms with E-state index in [-0.39, 0.29) is 0 Å². The number of nitrogens with one attached hydrogen (secondary N) is 1. The summed E-state index contributed by atoms with van der Waals surface area (Å²) in [6.07, 6.45) is 5.26. The number of halogens is 1. The lowest BCUT2D eigenvalue weighted by atomic mass is 10.1. The molecule has 0 unspecified atom stereocenters. The topological polar surface area (TPSA) is 67.1 Å². The van der Waals surface area contributed by atoms with Gasteiger partial charge in [-0.05, 0) is 48.2 Å². The summed E-state index contributed by atoms with van der Waals surface area (Å²) in [6.45, 7) is 4.78. The summed E-state index contributed by atoms with van der Waals surface area (Å²) < 4.78 is 6.33. The van der Waals surface area contributed by atoms with Crippen LogP contribution in [0.4, 0.5) is 11.9 Å². The molecule has 6 nitrogen and oxygen atoms in total. The molecule has 2 aromatic rings. The molecule has 2 aromatic heterocycles. The fourth-order valence-electron chi connectivity index (χ4n) is 2.39. The lowest BCUT2D eigenvalue weighted by molar-refractivity contribution is 0.562. The summed E-state index contributed by atoms with van der Waals surface area (Å²) in [5, 5.41) is 3.16. The molecule has 1 aliphatic rings. The monoisotopic (exact) mass is 351 g/mol. The van der Waals surface area contributed by atoms with Gasteiger partial charge in [0.05, 0.1) is 10.7 Å². The smallest absolute Gasteiger partial charge is 0.230 e. The average molecular weight is 352 g/mol. The quantitative estimate of drug-likeness (QED) is 0.911. The normalized spacial score (nSPS) is 15.2. The van der Waals surface area contributed by atoms with Crippen LogP contribution in [-0.2, 0) is 0 Å². The summed E-state index contributed by atoms with van der Waals surface area (Å²) in [5.41, 5.74) is 0. The van der Waals surface area contributed by atoms with Gasteiger partial charge in [0, 0.05) is 19.6 Å². The van der Waals surface area contributed by atoms with Gasteiger partial charge in [-0.2, -0.15) is 15.0 Å². The van der Waals surface area contributed by atoms with Gasteiger partial charge in [-0.3, -0.25) is 0 Å². The van der Waals surface area contributed by atoms with Crippen molar-refractivity contribution in [3.63, 3.8) is 0 Å². The van der Waals surface area contributed by atoms with E-state index in [0.717, 1.165) is 30.1 Å². The molecule has 0 aromatic carbocycles. The number of anilines is 2. The fourth-order valence-corrected chi connectivity index (χ4v) is 2.77. The van der Waals surface area contributed by atoms with Crippen LogP contribution in [0.2, 0.25) is 0 Å². The van der Waals surface area contributed by atoms with Crippen molar-refractivity contribution in [1.29, 1.82) is 0 Å². The van der Waals surface area contributed by atoms with Crippen molar-refractivity contribution >= 4 is 27.8 Å². The Kier molecular flexibility index (Phi) is 4.38. The van der Waals surface area contributed by atoms with Gasteiger partial charge in [0.1, 0.15) is 0 Å². The minimum atomic E-state index is 0.554. The van der Waals surface area contributed by atoms with Gasteiger partial charge in [-0.15, -0.1) is 0 Å².